The normalized spacial score (nSPS) is 24.3. The lowest BCUT2D eigenvalue weighted by Crippen LogP contribution is -2.50. The number of aryl methyl sites for hydroxylation is 4. The van der Waals surface area contributed by atoms with Crippen LogP contribution in [0.5, 0.6) is 0 Å². The molecule has 4 aromatic carbocycles. The van der Waals surface area contributed by atoms with Crippen molar-refractivity contribution in [2.75, 3.05) is 40.4 Å². The maximum Gasteiger partial charge on any atom is 0.561 e. The van der Waals surface area contributed by atoms with Crippen LogP contribution < -0.4 is 0 Å². The second-order valence-corrected chi connectivity index (χ2v) is 28.0. The average Bonchev–Trinajstić information content (AvgIpc) is 1.69. The molecule has 4 aromatic rings. The number of esters is 1. The molecule has 0 N–H and O–H groups in total. The van der Waals surface area contributed by atoms with E-state index in [4.69, 9.17) is 49.2 Å². The van der Waals surface area contributed by atoms with E-state index in [1.54, 1.807) is 18.2 Å². The van der Waals surface area contributed by atoms with Gasteiger partial charge in [-0.15, -0.1) is 6.58 Å². The Morgan fingerprint density at radius 2 is 0.963 bits per heavy atom. The van der Waals surface area contributed by atoms with E-state index in [9.17, 15) is 47.9 Å². The average molecular weight is 1690 g/mol. The van der Waals surface area contributed by atoms with Gasteiger partial charge in [0.05, 0.1) is 12.7 Å². The van der Waals surface area contributed by atoms with Gasteiger partial charge in [0.15, 0.2) is 37.7 Å². The van der Waals surface area contributed by atoms with E-state index in [1.807, 2.05) is 101 Å². The smallest absolute Gasteiger partial charge is 0.482 e. The molecule has 1 amide bonds. The van der Waals surface area contributed by atoms with Gasteiger partial charge < -0.3 is 47.4 Å². The van der Waals surface area contributed by atoms with Crippen LogP contribution in [0, 0.1) is 69.8 Å². The quantitative estimate of drug-likeness (QED) is 0.0167. The SMILES string of the molecule is C=CCOC(=O)[C@@H]1C[C@]2(C(C)Cc3ccc(C)c(C=O)c3)OCOC2=CC1=O.C=CC[C@H]1C[C@]2(C(C)Cc3ccc(C)c(C=O)c3)OCOC2=CC1=O.Cc1ccc(CC(C)[C@]23CCC(=O)C=C2OCO3)cc1C=O.Cc1ccc(CC(C)[C@]23CCC(=O)C[C@H]2OCO3)cc1C=O.II.[C-]#[N+]C(=O)OCC=C. The molecule has 0 radical (unpaired) electrons. The molecular weight excluding hydrogens is 1600 g/mol. The number of ether oxygens (including phenoxy) is 10. The van der Waals surface area contributed by atoms with E-state index in [2.05, 4.69) is 93.4 Å². The highest BCUT2D eigenvalue weighted by atomic mass is 128. The largest absolute Gasteiger partial charge is 0.561 e. The van der Waals surface area contributed by atoms with Gasteiger partial charge >= 0.3 is 12.1 Å². The van der Waals surface area contributed by atoms with Crippen molar-refractivity contribution in [1.82, 2.24) is 0 Å². The van der Waals surface area contributed by atoms with Crippen molar-refractivity contribution >= 4 is 97.6 Å². The van der Waals surface area contributed by atoms with Crippen molar-refractivity contribution in [3.05, 3.63) is 224 Å². The number of hydrogen-bond donors (Lipinski definition) is 0. The number of Topliss-reactive ketones (excluding diaryl/α,β-unsaturated/α-hetero) is 1. The highest BCUT2D eigenvalue weighted by Crippen LogP contribution is 2.49. The van der Waals surface area contributed by atoms with E-state index in [1.165, 1.54) is 18.2 Å². The number of halogens is 2. The van der Waals surface area contributed by atoms with Gasteiger partial charge in [0.25, 0.3) is 0 Å². The fourth-order valence-corrected chi connectivity index (χ4v) is 15.0. The monoisotopic (exact) mass is 1690 g/mol. The molecule has 0 bridgehead atoms. The third-order valence-corrected chi connectivity index (χ3v) is 21.3. The van der Waals surface area contributed by atoms with E-state index >= 15 is 0 Å². The van der Waals surface area contributed by atoms with Gasteiger partial charge in [-0.05, 0) is 172 Å². The number of ketones is 4. The summed E-state index contributed by atoms with van der Waals surface area (Å²) in [6.45, 7) is 33.6. The predicted molar refractivity (Wildman–Crippen MR) is 416 cm³/mol. The third kappa shape index (κ3) is 21.0. The predicted octanol–water partition coefficient (Wildman–Crippen LogP) is 15.5. The van der Waals surface area contributed by atoms with Gasteiger partial charge in [-0.3, -0.25) is 47.9 Å². The number of carbonyl (C=O) groups excluding carboxylic acids is 10. The molecule has 12 rings (SSSR count). The molecule has 11 atom stereocenters. The highest BCUT2D eigenvalue weighted by Gasteiger charge is 2.56. The van der Waals surface area contributed by atoms with Crippen molar-refractivity contribution in [1.29, 1.82) is 0 Å². The molecule has 1 saturated carbocycles. The summed E-state index contributed by atoms with van der Waals surface area (Å²) in [4.78, 5) is 117. The van der Waals surface area contributed by atoms with E-state index in [-0.39, 0.29) is 111 Å². The van der Waals surface area contributed by atoms with Crippen LogP contribution >= 0.6 is 37.2 Å². The zero-order chi connectivity index (χ0) is 78.2. The number of allylic oxidation sites excluding steroid dienone is 4. The van der Waals surface area contributed by atoms with Gasteiger partial charge in [0.1, 0.15) is 96.5 Å². The van der Waals surface area contributed by atoms with Crippen molar-refractivity contribution < 1.29 is 95.3 Å². The van der Waals surface area contributed by atoms with Gasteiger partial charge in [0.2, 0.25) is 0 Å². The summed E-state index contributed by atoms with van der Waals surface area (Å²) >= 11 is 4.24. The number of fused-ring (bicyclic) bond motifs is 4. The third-order valence-electron chi connectivity index (χ3n) is 21.3. The Labute approximate surface area is 649 Å². The molecule has 0 aromatic heterocycles. The minimum Gasteiger partial charge on any atom is -0.482 e. The second-order valence-electron chi connectivity index (χ2n) is 28.0. The molecule has 5 fully saturated rings. The highest BCUT2D eigenvalue weighted by molar-refractivity contribution is 15.0. The minimum atomic E-state index is -0.934. The number of amides is 1. The van der Waals surface area contributed by atoms with Crippen molar-refractivity contribution in [2.45, 2.75) is 161 Å². The van der Waals surface area contributed by atoms with Gasteiger partial charge in [-0.25, -0.2) is 0 Å². The van der Waals surface area contributed by atoms with Crippen LogP contribution in [-0.2, 0) is 97.0 Å². The van der Waals surface area contributed by atoms with Crippen LogP contribution in [0.1, 0.15) is 165 Å². The number of hydrogen-bond acceptors (Lipinski definition) is 20. The lowest BCUT2D eigenvalue weighted by atomic mass is 9.71. The van der Waals surface area contributed by atoms with Crippen LogP contribution in [0.4, 0.5) is 4.79 Å². The number of nitrogens with zero attached hydrogens (tertiary/aromatic N) is 1. The Balaban J connectivity index is 0.000000191. The number of aldehydes is 4. The fourth-order valence-electron chi connectivity index (χ4n) is 15.0. The summed E-state index contributed by atoms with van der Waals surface area (Å²) < 4.78 is 55.5. The number of benzene rings is 4. The molecule has 23 heteroatoms. The van der Waals surface area contributed by atoms with Crippen molar-refractivity contribution in [3.8, 4) is 0 Å². The molecular formula is C84H95I2NO20. The van der Waals surface area contributed by atoms with Gasteiger partial charge in [-0.1, -0.05) is 108 Å². The Morgan fingerprint density at radius 3 is 1.41 bits per heavy atom. The summed E-state index contributed by atoms with van der Waals surface area (Å²) in [5.74, 6) is 0.664. The minimum absolute atomic E-state index is 0.0331. The zero-order valence-corrected chi connectivity index (χ0v) is 66.3. The van der Waals surface area contributed by atoms with E-state index in [0.29, 0.717) is 73.4 Å². The lowest BCUT2D eigenvalue weighted by molar-refractivity contribution is -0.154. The van der Waals surface area contributed by atoms with E-state index < -0.39 is 34.8 Å². The van der Waals surface area contributed by atoms with Crippen LogP contribution in [0.2, 0.25) is 0 Å². The van der Waals surface area contributed by atoms with Crippen molar-refractivity contribution in [2.24, 2.45) is 35.5 Å². The summed E-state index contributed by atoms with van der Waals surface area (Å²) in [6.07, 6.45) is 19.0. The summed E-state index contributed by atoms with van der Waals surface area (Å²) in [5.41, 5.74) is 8.65. The Morgan fingerprint density at radius 1 is 0.542 bits per heavy atom. The lowest BCUT2D eigenvalue weighted by Gasteiger charge is -2.40. The zero-order valence-electron chi connectivity index (χ0n) is 62.0. The first kappa shape index (κ1) is 86.0. The fraction of sp³-hybridized carbons (Fsp3) is 0.440. The molecule has 4 aliphatic heterocycles. The second kappa shape index (κ2) is 40.3. The molecule has 570 valence electrons. The van der Waals surface area contributed by atoms with E-state index in [0.717, 1.165) is 106 Å². The Bertz CT molecular complexity index is 4110. The first-order valence-corrected chi connectivity index (χ1v) is 41.8. The number of carbonyl (C=O) groups is 10. The maximum absolute atomic E-state index is 12.4. The van der Waals surface area contributed by atoms with Crippen LogP contribution in [0.25, 0.3) is 4.85 Å². The van der Waals surface area contributed by atoms with Gasteiger partial charge in [-0.2, -0.15) is 4.85 Å². The maximum atomic E-state index is 12.4. The molecule has 4 heterocycles. The first-order chi connectivity index (χ1) is 51.3. The summed E-state index contributed by atoms with van der Waals surface area (Å²) in [5, 5.41) is 0. The summed E-state index contributed by atoms with van der Waals surface area (Å²) in [6, 6.07) is 23.6. The molecule has 4 unspecified atom stereocenters. The van der Waals surface area contributed by atoms with Gasteiger partial charge in [0, 0.05) is 109 Å². The first-order valence-electron chi connectivity index (χ1n) is 35.5. The van der Waals surface area contributed by atoms with Crippen LogP contribution in [0.3, 0.4) is 0 Å². The van der Waals surface area contributed by atoms with Crippen LogP contribution in [0.15, 0.2) is 146 Å². The standard InChI is InChI=1S/C22H24O6.C21H24O4.C18H22O4.C18H20O4.C5H5NO2.I2/c1-4-7-26-21(25)18-11-22(20(10-19(18)24)27-13-28-22)15(3)8-16-6-5-14(2)17(9-16)12-23;1-4-5-17-11-21(20(10-19(17)23)24-13-25-21)15(3)8-16-7-6-14(2)18(9-16)12-22;2*1-12-3-4-14(8-15(12)10-19)7-13(2)18-6-5-16(20)9-17(18)21-11-22-18;1-3-4-8-5(7)6-2;1-2/h4-6,9-10,12,15,18H,1,7-8,11,13H2,2-3H3;4,6-7,9-10,12,15,17H,1,5,8,11,13H2,2-3H3;3-4,8,10,13,17H,5-7,9,11H2,1-2H3;3-4,8-10,13H,5-7,11H2,1-2H3;3H,1,4H2;/t15?,18-,22-;15?,17-,21+;13?,17-,18-;13?,18-;;/m1011../s1. The molecule has 8 aliphatic rings. The summed E-state index contributed by atoms with van der Waals surface area (Å²) in [7, 11) is 0. The number of rotatable bonds is 23. The Hall–Kier alpha value is -8.23. The molecule has 21 nitrogen and oxygen atoms in total. The topological polar surface area (TPSA) is 267 Å². The molecule has 4 saturated heterocycles. The molecule has 4 aliphatic carbocycles. The Kier molecular flexibility index (Phi) is 32.4. The molecule has 0 spiro atoms. The van der Waals surface area contributed by atoms with Crippen LogP contribution in [-0.4, -0.2) is 129 Å². The van der Waals surface area contributed by atoms with Crippen molar-refractivity contribution in [3.63, 3.8) is 0 Å². The molecule has 107 heavy (non-hydrogen) atoms.